The summed E-state index contributed by atoms with van der Waals surface area (Å²) < 4.78 is 4.92. The number of rotatable bonds is 9. The van der Waals surface area contributed by atoms with Crippen molar-refractivity contribution in [1.29, 1.82) is 0 Å². The predicted molar refractivity (Wildman–Crippen MR) is 388 cm³/mol. The molecule has 0 radical (unpaired) electrons. The highest BCUT2D eigenvalue weighted by Crippen LogP contribution is 2.46. The van der Waals surface area contributed by atoms with Crippen molar-refractivity contribution in [3.8, 4) is 90.0 Å². The lowest BCUT2D eigenvalue weighted by Crippen LogP contribution is -2.17. The first kappa shape index (κ1) is 59.2. The number of hydrogen-bond donors (Lipinski definition) is 0. The van der Waals surface area contributed by atoms with Gasteiger partial charge in [0.2, 0.25) is 0 Å². The molecule has 92 heavy (non-hydrogen) atoms. The van der Waals surface area contributed by atoms with Crippen LogP contribution in [0.4, 0.5) is 5.69 Å². The Morgan fingerprint density at radius 3 is 1.08 bits per heavy atom. The van der Waals surface area contributed by atoms with E-state index in [1.807, 2.05) is 12.1 Å². The van der Waals surface area contributed by atoms with Crippen molar-refractivity contribution in [2.24, 2.45) is 0 Å². The summed E-state index contributed by atoms with van der Waals surface area (Å²) in [6.07, 6.45) is 0. The molecule has 0 bridgehead atoms. The van der Waals surface area contributed by atoms with Crippen LogP contribution in [-0.2, 0) is 21.7 Å². The summed E-state index contributed by atoms with van der Waals surface area (Å²) >= 11 is 0. The van der Waals surface area contributed by atoms with Crippen molar-refractivity contribution < 1.29 is 0 Å². The average molecular weight is 1190 g/mol. The molecular weight excluding hydrogens is 1120 g/mol. The smallest absolute Gasteiger partial charge is 0.187 e. The highest BCUT2D eigenvalue weighted by molar-refractivity contribution is 6.13. The Hall–Kier alpha value is -10.5. The second-order valence-corrected chi connectivity index (χ2v) is 28.9. The normalized spacial score (nSPS) is 12.3. The Kier molecular flexibility index (Phi) is 14.5. The van der Waals surface area contributed by atoms with Crippen molar-refractivity contribution in [2.75, 3.05) is 0 Å². The van der Waals surface area contributed by atoms with Crippen molar-refractivity contribution in [3.05, 3.63) is 276 Å². The number of aromatic nitrogens is 5. The Morgan fingerprint density at radius 2 is 0.630 bits per heavy atom. The lowest BCUT2D eigenvalue weighted by molar-refractivity contribution is 0.568. The van der Waals surface area contributed by atoms with Crippen LogP contribution in [0.3, 0.4) is 0 Å². The molecule has 11 aromatic carbocycles. The predicted octanol–water partition coefficient (Wildman–Crippen LogP) is 23.5. The van der Waals surface area contributed by atoms with Gasteiger partial charge in [-0.25, -0.2) is 19.8 Å². The molecule has 0 unspecified atom stereocenters. The summed E-state index contributed by atoms with van der Waals surface area (Å²) in [5.74, 6) is 1.82. The molecule has 0 spiro atoms. The van der Waals surface area contributed by atoms with E-state index in [1.165, 1.54) is 27.8 Å². The van der Waals surface area contributed by atoms with Gasteiger partial charge in [0.05, 0.1) is 40.0 Å². The molecule has 6 nitrogen and oxygen atoms in total. The van der Waals surface area contributed by atoms with E-state index in [0.717, 1.165) is 111 Å². The molecule has 0 fully saturated rings. The molecule has 0 saturated carbocycles. The molecular formula is C86H76N6. The maximum absolute atomic E-state index is 7.84. The fraction of sp³-hybridized carbons (Fsp3) is 0.186. The van der Waals surface area contributed by atoms with Gasteiger partial charge >= 0.3 is 0 Å². The Morgan fingerprint density at radius 1 is 0.272 bits per heavy atom. The molecule has 0 N–H and O–H groups in total. The van der Waals surface area contributed by atoms with Crippen LogP contribution in [0.2, 0.25) is 0 Å². The van der Waals surface area contributed by atoms with Crippen LogP contribution in [0, 0.1) is 6.57 Å². The van der Waals surface area contributed by atoms with Crippen molar-refractivity contribution in [1.82, 2.24) is 24.1 Å². The average Bonchev–Trinajstić information content (AvgIpc) is 1.53. The summed E-state index contributed by atoms with van der Waals surface area (Å²) in [5, 5.41) is 4.64. The number of benzene rings is 11. The van der Waals surface area contributed by atoms with Gasteiger partial charge in [-0.1, -0.05) is 241 Å². The molecule has 0 aliphatic rings. The van der Waals surface area contributed by atoms with Gasteiger partial charge in [0.1, 0.15) is 0 Å². The molecule has 3 heterocycles. The van der Waals surface area contributed by atoms with Gasteiger partial charge in [0.15, 0.2) is 23.2 Å². The largest absolute Gasteiger partial charge is 0.309 e. The topological polar surface area (TPSA) is 52.9 Å². The van der Waals surface area contributed by atoms with Gasteiger partial charge in [0.25, 0.3) is 0 Å². The molecule has 0 atom stereocenters. The Bertz CT molecular complexity index is 5080. The van der Waals surface area contributed by atoms with E-state index >= 15 is 0 Å². The summed E-state index contributed by atoms with van der Waals surface area (Å²) in [7, 11) is 0. The van der Waals surface area contributed by atoms with Crippen molar-refractivity contribution in [3.63, 3.8) is 0 Å². The summed E-state index contributed by atoms with van der Waals surface area (Å²) in [6.45, 7) is 35.2. The molecule has 14 aromatic rings. The summed E-state index contributed by atoms with van der Waals surface area (Å²) in [4.78, 5) is 20.6. The SMILES string of the molecule is [C-]#[N+]c1ccc(-c2ccc(-c3cc(-c4nc(-c5cc(C(C)(C)C)cc(C(C)(C)C)c5)nc(-c5cc(C(C)(C)C)cc(C(C)(C)C)c5)n4)ccc3-n3c4ccccc4c4cc(-c5ccccc5)ccc43)c(-n3c4ccccc4c4cc(-c5ccccc5)ccc43)c2)cc1. The van der Waals surface area contributed by atoms with E-state index in [2.05, 4.69) is 328 Å². The lowest BCUT2D eigenvalue weighted by atomic mass is 9.79. The van der Waals surface area contributed by atoms with E-state index in [4.69, 9.17) is 21.5 Å². The van der Waals surface area contributed by atoms with Gasteiger partial charge in [-0.05, 0) is 162 Å². The van der Waals surface area contributed by atoms with Crippen LogP contribution in [0.1, 0.15) is 105 Å². The third-order valence-electron chi connectivity index (χ3n) is 18.4. The third kappa shape index (κ3) is 11.0. The Labute approximate surface area is 541 Å². The number of fused-ring (bicyclic) bond motifs is 6. The van der Waals surface area contributed by atoms with E-state index in [0.29, 0.717) is 23.2 Å². The van der Waals surface area contributed by atoms with Crippen LogP contribution in [0.5, 0.6) is 0 Å². The van der Waals surface area contributed by atoms with Crippen molar-refractivity contribution >= 4 is 49.3 Å². The molecule has 0 aliphatic carbocycles. The molecule has 6 heteroatoms. The maximum Gasteiger partial charge on any atom is 0.187 e. The van der Waals surface area contributed by atoms with Gasteiger partial charge in [-0.2, -0.15) is 0 Å². The molecule has 14 rings (SSSR count). The minimum absolute atomic E-state index is 0.146. The molecule has 450 valence electrons. The number of para-hydroxylation sites is 2. The number of nitrogens with zero attached hydrogens (tertiary/aromatic N) is 6. The van der Waals surface area contributed by atoms with Crippen LogP contribution in [0.15, 0.2) is 243 Å². The monoisotopic (exact) mass is 1190 g/mol. The summed E-state index contributed by atoms with van der Waals surface area (Å²) in [6, 6.07) is 88.3. The van der Waals surface area contributed by atoms with Gasteiger partial charge in [-0.3, -0.25) is 0 Å². The second kappa shape index (κ2) is 22.5. The molecule has 0 amide bonds. The maximum atomic E-state index is 7.84. The molecule has 0 saturated heterocycles. The van der Waals surface area contributed by atoms with E-state index in [9.17, 15) is 0 Å². The van der Waals surface area contributed by atoms with Gasteiger partial charge < -0.3 is 9.13 Å². The zero-order valence-corrected chi connectivity index (χ0v) is 54.8. The molecule has 0 aliphatic heterocycles. The first-order valence-corrected chi connectivity index (χ1v) is 32.1. The van der Waals surface area contributed by atoms with E-state index in [1.54, 1.807) is 0 Å². The zero-order valence-electron chi connectivity index (χ0n) is 54.8. The highest BCUT2D eigenvalue weighted by atomic mass is 15.0. The van der Waals surface area contributed by atoms with Crippen LogP contribution in [-0.4, -0.2) is 24.1 Å². The fourth-order valence-corrected chi connectivity index (χ4v) is 13.0. The Balaban J connectivity index is 1.10. The van der Waals surface area contributed by atoms with Crippen molar-refractivity contribution in [2.45, 2.75) is 105 Å². The standard InChI is InChI=1S/C86H76N6/c1-83(2,3)63-44-61(45-64(52-63)84(4,5)6)81-88-80(89-82(90-81)62-46-65(85(7,8)9)53-66(47-62)86(10,11)12)60-37-43-77(91-74-30-22-20-28-68(74)71-48-57(35-41-76(71)91)54-24-16-14-17-25-54)73(50-60)70-40-34-59(56-32-38-67(87-13)39-33-56)51-79(70)92-75-31-23-21-29-69(75)72-49-58(36-42-78(72)92)55-26-18-15-19-27-55/h14-53H,1-12H3. The first-order chi connectivity index (χ1) is 44.0. The number of hydrogen-bond acceptors (Lipinski definition) is 3. The zero-order chi connectivity index (χ0) is 64.0. The van der Waals surface area contributed by atoms with E-state index in [-0.39, 0.29) is 21.7 Å². The third-order valence-corrected chi connectivity index (χ3v) is 18.4. The lowest BCUT2D eigenvalue weighted by Gasteiger charge is -2.26. The quantitative estimate of drug-likeness (QED) is 0.135. The van der Waals surface area contributed by atoms with Gasteiger partial charge in [0, 0.05) is 49.4 Å². The molecule has 3 aromatic heterocycles. The minimum atomic E-state index is -0.146. The van der Waals surface area contributed by atoms with Crippen LogP contribution in [0.25, 0.3) is 139 Å². The minimum Gasteiger partial charge on any atom is -0.309 e. The fourth-order valence-electron chi connectivity index (χ4n) is 13.0. The van der Waals surface area contributed by atoms with E-state index < -0.39 is 0 Å². The second-order valence-electron chi connectivity index (χ2n) is 28.9. The van der Waals surface area contributed by atoms with Gasteiger partial charge in [-0.15, -0.1) is 0 Å². The highest BCUT2D eigenvalue weighted by Gasteiger charge is 2.28. The van der Waals surface area contributed by atoms with Crippen LogP contribution < -0.4 is 0 Å². The first-order valence-electron chi connectivity index (χ1n) is 32.1. The summed E-state index contributed by atoms with van der Waals surface area (Å²) in [5.41, 5.74) is 22.7. The van der Waals surface area contributed by atoms with Crippen LogP contribution >= 0.6 is 0 Å².